The maximum absolute atomic E-state index is 13.0. The molecule has 0 spiro atoms. The van der Waals surface area contributed by atoms with Crippen LogP contribution in [0.25, 0.3) is 11.1 Å². The first kappa shape index (κ1) is 26.4. The average molecular weight is 491 g/mol. The molecule has 6 N–H and O–H groups in total. The van der Waals surface area contributed by atoms with Crippen molar-refractivity contribution in [3.63, 3.8) is 0 Å². The molecule has 0 bridgehead atoms. The summed E-state index contributed by atoms with van der Waals surface area (Å²) in [7, 11) is 0. The van der Waals surface area contributed by atoms with E-state index in [9.17, 15) is 24.6 Å². The zero-order chi connectivity index (χ0) is 26.5. The Hall–Kier alpha value is -4.24. The van der Waals surface area contributed by atoms with Crippen LogP contribution >= 0.6 is 0 Å². The molecule has 2 amide bonds. The summed E-state index contributed by atoms with van der Waals surface area (Å²) < 4.78 is 0. The maximum Gasteiger partial charge on any atom is 0.336 e. The Kier molecular flexibility index (Phi) is 8.06. The van der Waals surface area contributed by atoms with Gasteiger partial charge in [-0.15, -0.1) is 0 Å². The van der Waals surface area contributed by atoms with Gasteiger partial charge in [0.1, 0.15) is 5.82 Å². The number of nitrogens with zero attached hydrogens (tertiary/aromatic N) is 1. The summed E-state index contributed by atoms with van der Waals surface area (Å²) in [6.07, 6.45) is 1.56. The monoisotopic (exact) mass is 490 g/mol. The van der Waals surface area contributed by atoms with Gasteiger partial charge in [0.05, 0.1) is 18.2 Å². The van der Waals surface area contributed by atoms with Crippen molar-refractivity contribution >= 4 is 23.6 Å². The second kappa shape index (κ2) is 11.0. The number of nitrogens with two attached hydrogens (primary N) is 1. The Morgan fingerprint density at radius 3 is 2.28 bits per heavy atom. The number of aromatic carboxylic acids is 1. The van der Waals surface area contributed by atoms with Crippen LogP contribution in [0.5, 0.6) is 0 Å². The van der Waals surface area contributed by atoms with Crippen LogP contribution in [-0.2, 0) is 6.54 Å². The summed E-state index contributed by atoms with van der Waals surface area (Å²) in [5, 5.41) is 25.1. The topological polar surface area (TPSA) is 155 Å². The van der Waals surface area contributed by atoms with E-state index in [1.54, 1.807) is 42.6 Å². The number of carboxylic acids is 1. The van der Waals surface area contributed by atoms with E-state index in [0.717, 1.165) is 5.56 Å². The van der Waals surface area contributed by atoms with Crippen LogP contribution in [0.1, 0.15) is 57.4 Å². The molecule has 1 atom stereocenters. The molecule has 0 radical (unpaired) electrons. The van der Waals surface area contributed by atoms with Crippen LogP contribution < -0.4 is 16.4 Å². The highest BCUT2D eigenvalue weighted by Gasteiger charge is 2.27. The number of amides is 2. The zero-order valence-corrected chi connectivity index (χ0v) is 20.4. The van der Waals surface area contributed by atoms with Gasteiger partial charge >= 0.3 is 5.97 Å². The highest BCUT2D eigenvalue weighted by molar-refractivity contribution is 6.06. The van der Waals surface area contributed by atoms with Crippen LogP contribution in [0.4, 0.5) is 5.82 Å². The Labute approximate surface area is 209 Å². The van der Waals surface area contributed by atoms with E-state index >= 15 is 0 Å². The molecule has 36 heavy (non-hydrogen) atoms. The summed E-state index contributed by atoms with van der Waals surface area (Å²) in [5.74, 6) is -1.76. The van der Waals surface area contributed by atoms with Crippen LogP contribution in [0, 0.1) is 5.41 Å². The second-order valence-electron chi connectivity index (χ2n) is 9.46. The van der Waals surface area contributed by atoms with E-state index in [-0.39, 0.29) is 29.8 Å². The summed E-state index contributed by atoms with van der Waals surface area (Å²) in [4.78, 5) is 41.9. The number of hydrogen-bond acceptors (Lipinski definition) is 6. The lowest BCUT2D eigenvalue weighted by Gasteiger charge is -2.29. The largest absolute Gasteiger partial charge is 0.478 e. The number of nitrogens with one attached hydrogen (secondary N) is 2. The molecule has 9 heteroatoms. The number of rotatable bonds is 8. The number of carboxylic acid groups (broad SMARTS) is 1. The number of aromatic nitrogens is 1. The lowest BCUT2D eigenvalue weighted by Crippen LogP contribution is -2.46. The van der Waals surface area contributed by atoms with Crippen molar-refractivity contribution in [1.82, 2.24) is 15.6 Å². The highest BCUT2D eigenvalue weighted by Crippen LogP contribution is 2.29. The quantitative estimate of drug-likeness (QED) is 0.325. The van der Waals surface area contributed by atoms with E-state index in [1.807, 2.05) is 20.8 Å². The molecule has 0 fully saturated rings. The standard InChI is InChI=1S/C27H30N4O5/c1-27(2,3)22(15-32)31-24(33)17-9-10-19(21(12-17)26(35)36)18-6-4-5-7-20(18)25(34)30-14-16-8-11-23(28)29-13-16/h4-13,22,32H,14-15H2,1-3H3,(H2,28,29)(H,30,34)(H,31,33)(H,35,36)/t22-/m1/s1. The van der Waals surface area contributed by atoms with Gasteiger partial charge in [0.15, 0.2) is 0 Å². The van der Waals surface area contributed by atoms with Gasteiger partial charge in [-0.3, -0.25) is 9.59 Å². The summed E-state index contributed by atoms with van der Waals surface area (Å²) in [5.41, 5.74) is 6.97. The SMILES string of the molecule is CC(C)(C)[C@@H](CO)NC(=O)c1ccc(-c2ccccc2C(=O)NCc2ccc(N)nc2)c(C(=O)O)c1. The molecule has 188 valence electrons. The van der Waals surface area contributed by atoms with Gasteiger partial charge in [-0.05, 0) is 46.4 Å². The third-order valence-electron chi connectivity index (χ3n) is 5.81. The minimum absolute atomic E-state index is 0.123. The molecular weight excluding hydrogens is 460 g/mol. The molecular formula is C27H30N4O5. The minimum Gasteiger partial charge on any atom is -0.478 e. The minimum atomic E-state index is -1.24. The van der Waals surface area contributed by atoms with Crippen molar-refractivity contribution in [3.05, 3.63) is 83.0 Å². The van der Waals surface area contributed by atoms with E-state index in [4.69, 9.17) is 5.73 Å². The van der Waals surface area contributed by atoms with Crippen molar-refractivity contribution in [3.8, 4) is 11.1 Å². The summed E-state index contributed by atoms with van der Waals surface area (Å²) in [6, 6.07) is 13.8. The Bertz CT molecular complexity index is 1270. The van der Waals surface area contributed by atoms with Crippen molar-refractivity contribution in [1.29, 1.82) is 0 Å². The van der Waals surface area contributed by atoms with Gasteiger partial charge < -0.3 is 26.6 Å². The fourth-order valence-electron chi connectivity index (χ4n) is 3.61. The van der Waals surface area contributed by atoms with Gasteiger partial charge in [-0.1, -0.05) is 51.1 Å². The molecule has 0 aliphatic rings. The predicted octanol–water partition coefficient (Wildman–Crippen LogP) is 3.10. The Morgan fingerprint density at radius 1 is 0.972 bits per heavy atom. The first-order chi connectivity index (χ1) is 17.0. The van der Waals surface area contributed by atoms with E-state index < -0.39 is 29.2 Å². The normalized spacial score (nSPS) is 12.0. The third-order valence-corrected chi connectivity index (χ3v) is 5.81. The van der Waals surface area contributed by atoms with E-state index in [0.29, 0.717) is 16.9 Å². The van der Waals surface area contributed by atoms with Crippen LogP contribution in [-0.4, -0.2) is 45.6 Å². The molecule has 1 heterocycles. The molecule has 2 aromatic carbocycles. The smallest absolute Gasteiger partial charge is 0.336 e. The van der Waals surface area contributed by atoms with Gasteiger partial charge in [0.25, 0.3) is 11.8 Å². The predicted molar refractivity (Wildman–Crippen MR) is 136 cm³/mol. The first-order valence-electron chi connectivity index (χ1n) is 11.4. The summed E-state index contributed by atoms with van der Waals surface area (Å²) in [6.45, 7) is 5.60. The van der Waals surface area contributed by atoms with Crippen LogP contribution in [0.2, 0.25) is 0 Å². The van der Waals surface area contributed by atoms with Gasteiger partial charge in [0, 0.05) is 23.9 Å². The van der Waals surface area contributed by atoms with Crippen molar-refractivity contribution < 1.29 is 24.6 Å². The van der Waals surface area contributed by atoms with Gasteiger partial charge in [0.2, 0.25) is 0 Å². The molecule has 0 aliphatic carbocycles. The molecule has 0 saturated carbocycles. The second-order valence-corrected chi connectivity index (χ2v) is 9.46. The number of anilines is 1. The lowest BCUT2D eigenvalue weighted by atomic mass is 9.87. The zero-order valence-electron chi connectivity index (χ0n) is 20.4. The lowest BCUT2D eigenvalue weighted by molar-refractivity contribution is 0.0697. The fraction of sp³-hybridized carbons (Fsp3) is 0.259. The number of hydrogen-bond donors (Lipinski definition) is 5. The van der Waals surface area contributed by atoms with Crippen molar-refractivity contribution in [2.75, 3.05) is 12.3 Å². The van der Waals surface area contributed by atoms with Crippen molar-refractivity contribution in [2.45, 2.75) is 33.4 Å². The Morgan fingerprint density at radius 2 is 1.67 bits per heavy atom. The molecule has 3 rings (SSSR count). The number of aliphatic hydroxyl groups excluding tert-OH is 1. The van der Waals surface area contributed by atoms with Crippen LogP contribution in [0.3, 0.4) is 0 Å². The highest BCUT2D eigenvalue weighted by atomic mass is 16.4. The summed E-state index contributed by atoms with van der Waals surface area (Å²) >= 11 is 0. The molecule has 0 saturated heterocycles. The fourth-order valence-corrected chi connectivity index (χ4v) is 3.61. The Balaban J connectivity index is 1.91. The molecule has 3 aromatic rings. The number of nitrogen functional groups attached to an aromatic ring is 1. The third kappa shape index (κ3) is 6.25. The average Bonchev–Trinajstić information content (AvgIpc) is 2.85. The van der Waals surface area contributed by atoms with E-state index in [2.05, 4.69) is 15.6 Å². The molecule has 0 aliphatic heterocycles. The van der Waals surface area contributed by atoms with Gasteiger partial charge in [-0.2, -0.15) is 0 Å². The molecule has 0 unspecified atom stereocenters. The number of benzene rings is 2. The van der Waals surface area contributed by atoms with Crippen molar-refractivity contribution in [2.24, 2.45) is 5.41 Å². The van der Waals surface area contributed by atoms with Crippen LogP contribution in [0.15, 0.2) is 60.8 Å². The maximum atomic E-state index is 13.0. The number of carbonyl (C=O) groups excluding carboxylic acids is 2. The van der Waals surface area contributed by atoms with E-state index in [1.165, 1.54) is 18.2 Å². The molecule has 9 nitrogen and oxygen atoms in total. The van der Waals surface area contributed by atoms with Gasteiger partial charge in [-0.25, -0.2) is 9.78 Å². The number of aliphatic hydroxyl groups is 1. The first-order valence-corrected chi connectivity index (χ1v) is 11.4. The molecule has 1 aromatic heterocycles. The number of carbonyl (C=O) groups is 3. The number of pyridine rings is 1.